The van der Waals surface area contributed by atoms with E-state index in [1.54, 1.807) is 0 Å². The number of hydrogen-bond donors (Lipinski definition) is 1. The summed E-state index contributed by atoms with van der Waals surface area (Å²) in [6.07, 6.45) is -4.15. The summed E-state index contributed by atoms with van der Waals surface area (Å²) >= 11 is 0. The van der Waals surface area contributed by atoms with Crippen molar-refractivity contribution >= 4 is 12.4 Å². The molecular formula is C5H9ClF3N3. The van der Waals surface area contributed by atoms with Gasteiger partial charge in [0.05, 0.1) is 0 Å². The maximum absolute atomic E-state index is 12.0. The summed E-state index contributed by atoms with van der Waals surface area (Å²) in [5.74, 6) is 0. The van der Waals surface area contributed by atoms with Crippen molar-refractivity contribution in [3.05, 3.63) is 0 Å². The summed E-state index contributed by atoms with van der Waals surface area (Å²) in [7, 11) is 0. The molecule has 2 N–H and O–H groups in total. The van der Waals surface area contributed by atoms with Crippen molar-refractivity contribution in [3.8, 4) is 0 Å². The van der Waals surface area contributed by atoms with Crippen LogP contribution in [0.4, 0.5) is 13.2 Å². The molecule has 0 aromatic heterocycles. The van der Waals surface area contributed by atoms with E-state index in [0.29, 0.717) is 6.42 Å². The van der Waals surface area contributed by atoms with E-state index in [9.17, 15) is 13.2 Å². The first-order valence-electron chi connectivity index (χ1n) is 3.23. The minimum Gasteiger partial charge on any atom is -0.330 e. The molecule has 0 saturated heterocycles. The predicted molar refractivity (Wildman–Crippen MR) is 39.2 cm³/mol. The maximum atomic E-state index is 12.0. The smallest absolute Gasteiger partial charge is 0.330 e. The first kappa shape index (κ1) is 11.6. The van der Waals surface area contributed by atoms with Crippen LogP contribution in [0.5, 0.6) is 0 Å². The lowest BCUT2D eigenvalue weighted by Crippen LogP contribution is -2.33. The zero-order valence-corrected chi connectivity index (χ0v) is 6.95. The molecule has 0 fully saturated rings. The van der Waals surface area contributed by atoms with Crippen molar-refractivity contribution < 1.29 is 13.2 Å². The molecule has 0 bridgehead atoms. The van der Waals surface area contributed by atoms with Gasteiger partial charge < -0.3 is 5.73 Å². The normalized spacial score (nSPS) is 18.7. The van der Waals surface area contributed by atoms with E-state index in [1.165, 1.54) is 0 Å². The monoisotopic (exact) mass is 203 g/mol. The summed E-state index contributed by atoms with van der Waals surface area (Å²) in [4.78, 5) is 0. The number of nitrogens with zero attached hydrogens (tertiary/aromatic N) is 2. The van der Waals surface area contributed by atoms with Crippen LogP contribution in [-0.4, -0.2) is 18.4 Å². The molecule has 0 aromatic rings. The Balaban J connectivity index is 0.00000121. The van der Waals surface area contributed by atoms with Crippen molar-refractivity contribution in [2.75, 3.05) is 6.54 Å². The van der Waals surface area contributed by atoms with Gasteiger partial charge in [-0.1, -0.05) is 0 Å². The Morgan fingerprint density at radius 2 is 1.75 bits per heavy atom. The first-order valence-corrected chi connectivity index (χ1v) is 3.23. The van der Waals surface area contributed by atoms with Crippen LogP contribution in [0.15, 0.2) is 10.2 Å². The third-order valence-corrected chi connectivity index (χ3v) is 1.52. The topological polar surface area (TPSA) is 50.7 Å². The molecule has 0 amide bonds. The molecule has 0 unspecified atom stereocenters. The highest BCUT2D eigenvalue weighted by Gasteiger charge is 2.62. The van der Waals surface area contributed by atoms with Gasteiger partial charge in [0.1, 0.15) is 0 Å². The molecule has 1 aliphatic heterocycles. The molecule has 0 aromatic carbocycles. The molecule has 0 saturated carbocycles. The van der Waals surface area contributed by atoms with Gasteiger partial charge in [-0.25, -0.2) is 0 Å². The maximum Gasteiger partial charge on any atom is 0.437 e. The number of alkyl halides is 3. The van der Waals surface area contributed by atoms with Gasteiger partial charge in [-0.15, -0.1) is 22.6 Å². The molecule has 7 heteroatoms. The van der Waals surface area contributed by atoms with Crippen LogP contribution in [0.1, 0.15) is 12.8 Å². The van der Waals surface area contributed by atoms with Gasteiger partial charge in [-0.3, -0.25) is 0 Å². The van der Waals surface area contributed by atoms with Gasteiger partial charge in [0, 0.05) is 6.42 Å². The van der Waals surface area contributed by atoms with E-state index in [0.717, 1.165) is 0 Å². The van der Waals surface area contributed by atoms with E-state index >= 15 is 0 Å². The largest absolute Gasteiger partial charge is 0.437 e. The molecule has 1 rings (SSSR count). The van der Waals surface area contributed by atoms with E-state index in [4.69, 9.17) is 5.73 Å². The molecule has 72 valence electrons. The summed E-state index contributed by atoms with van der Waals surface area (Å²) in [5.41, 5.74) is 2.97. The highest BCUT2D eigenvalue weighted by atomic mass is 35.5. The highest BCUT2D eigenvalue weighted by Crippen LogP contribution is 2.47. The fraction of sp³-hybridized carbons (Fsp3) is 1.00. The molecule has 0 radical (unpaired) electrons. The van der Waals surface area contributed by atoms with Crippen LogP contribution >= 0.6 is 12.4 Å². The van der Waals surface area contributed by atoms with Crippen LogP contribution in [0.3, 0.4) is 0 Å². The number of nitrogens with two attached hydrogens (primary N) is 1. The fourth-order valence-electron chi connectivity index (χ4n) is 0.764. The van der Waals surface area contributed by atoms with Crippen LogP contribution < -0.4 is 5.73 Å². The average molecular weight is 204 g/mol. The summed E-state index contributed by atoms with van der Waals surface area (Å²) < 4.78 is 36.0. The summed E-state index contributed by atoms with van der Waals surface area (Å²) in [6.45, 7) is 0.239. The minimum absolute atomic E-state index is 0. The number of rotatable bonds is 3. The summed E-state index contributed by atoms with van der Waals surface area (Å²) in [5, 5.41) is 5.97. The van der Waals surface area contributed by atoms with E-state index in [2.05, 4.69) is 10.2 Å². The zero-order valence-electron chi connectivity index (χ0n) is 6.14. The molecule has 0 atom stereocenters. The average Bonchev–Trinajstić information content (AvgIpc) is 2.61. The lowest BCUT2D eigenvalue weighted by Gasteiger charge is -2.12. The van der Waals surface area contributed by atoms with Gasteiger partial charge >= 0.3 is 6.18 Å². The van der Waals surface area contributed by atoms with Crippen molar-refractivity contribution in [1.82, 2.24) is 0 Å². The van der Waals surface area contributed by atoms with E-state index < -0.39 is 11.8 Å². The van der Waals surface area contributed by atoms with E-state index in [1.807, 2.05) is 0 Å². The van der Waals surface area contributed by atoms with Crippen molar-refractivity contribution in [2.24, 2.45) is 16.0 Å². The van der Waals surface area contributed by atoms with Crippen LogP contribution in [0.25, 0.3) is 0 Å². The zero-order chi connectivity index (χ0) is 8.54. The Morgan fingerprint density at radius 1 is 1.25 bits per heavy atom. The van der Waals surface area contributed by atoms with Gasteiger partial charge in [-0.05, 0) is 13.0 Å². The van der Waals surface area contributed by atoms with Crippen molar-refractivity contribution in [3.63, 3.8) is 0 Å². The third kappa shape index (κ3) is 2.07. The fourth-order valence-corrected chi connectivity index (χ4v) is 0.764. The lowest BCUT2D eigenvalue weighted by atomic mass is 10.1. The Labute approximate surface area is 73.6 Å². The Hall–Kier alpha value is -0.360. The molecule has 1 heterocycles. The van der Waals surface area contributed by atoms with Crippen LogP contribution in [0.2, 0.25) is 0 Å². The second kappa shape index (κ2) is 3.57. The van der Waals surface area contributed by atoms with Crippen molar-refractivity contribution in [2.45, 2.75) is 24.7 Å². The molecule has 1 aliphatic rings. The number of halogens is 4. The first-order chi connectivity index (χ1) is 5.02. The molecule has 3 nitrogen and oxygen atoms in total. The standard InChI is InChI=1S/C5H8F3N3.ClH/c6-5(7,8)4(10-11-4)2-1-3-9;/h1-3,9H2;1H. The van der Waals surface area contributed by atoms with Gasteiger partial charge in [0.2, 0.25) is 0 Å². The van der Waals surface area contributed by atoms with Gasteiger partial charge in [0.15, 0.2) is 0 Å². The quantitative estimate of drug-likeness (QED) is 0.748. The van der Waals surface area contributed by atoms with Gasteiger partial charge in [0.25, 0.3) is 5.66 Å². The highest BCUT2D eigenvalue weighted by molar-refractivity contribution is 5.85. The summed E-state index contributed by atoms with van der Waals surface area (Å²) in [6, 6.07) is 0. The third-order valence-electron chi connectivity index (χ3n) is 1.52. The second-order valence-electron chi connectivity index (χ2n) is 2.41. The second-order valence-corrected chi connectivity index (χ2v) is 2.41. The van der Waals surface area contributed by atoms with Crippen LogP contribution in [-0.2, 0) is 0 Å². The SMILES string of the molecule is Cl.NCCCC1(C(F)(F)F)N=N1. The molecule has 12 heavy (non-hydrogen) atoms. The predicted octanol–water partition coefficient (Wildman–Crippen LogP) is 1.87. The minimum atomic E-state index is -4.33. The lowest BCUT2D eigenvalue weighted by molar-refractivity contribution is -0.165. The molecule has 0 spiro atoms. The van der Waals surface area contributed by atoms with Gasteiger partial charge in [-0.2, -0.15) is 13.2 Å². The van der Waals surface area contributed by atoms with Crippen LogP contribution in [0, 0.1) is 0 Å². The molecular weight excluding hydrogens is 195 g/mol. The Bertz CT molecular complexity index is 173. The van der Waals surface area contributed by atoms with Crippen molar-refractivity contribution in [1.29, 1.82) is 0 Å². The van der Waals surface area contributed by atoms with E-state index in [-0.39, 0.29) is 25.4 Å². The Kier molecular flexibility index (Phi) is 3.46. The number of hydrogen-bond acceptors (Lipinski definition) is 3. The Morgan fingerprint density at radius 3 is 2.00 bits per heavy atom. The molecule has 0 aliphatic carbocycles.